The maximum Gasteiger partial charge on any atom is 0.417 e. The van der Waals surface area contributed by atoms with Gasteiger partial charge in [0.2, 0.25) is 0 Å². The largest absolute Gasteiger partial charge is 0.417 e. The van der Waals surface area contributed by atoms with Crippen LogP contribution in [0.3, 0.4) is 0 Å². The standard InChI is InChI=1S/C20H20F3N3/c1-25-8-7-19-17(13-25)16-4-2-3-5-18(16)26(19)9-6-14-10-15(12-24-11-14)20(21,22)23/h2-5,10-12H,6-9,13H2,1H3. The highest BCUT2D eigenvalue weighted by Gasteiger charge is 2.31. The molecule has 0 aliphatic carbocycles. The van der Waals surface area contributed by atoms with Gasteiger partial charge in [-0.3, -0.25) is 4.98 Å². The molecule has 1 aliphatic heterocycles. The van der Waals surface area contributed by atoms with Crippen molar-refractivity contribution in [3.05, 3.63) is 65.1 Å². The molecule has 0 unspecified atom stereocenters. The predicted molar refractivity (Wildman–Crippen MR) is 94.9 cm³/mol. The second-order valence-corrected chi connectivity index (χ2v) is 6.91. The van der Waals surface area contributed by atoms with E-state index in [4.69, 9.17) is 0 Å². The molecule has 0 N–H and O–H groups in total. The molecule has 26 heavy (non-hydrogen) atoms. The van der Waals surface area contributed by atoms with Crippen molar-refractivity contribution in [2.75, 3.05) is 13.6 Å². The van der Waals surface area contributed by atoms with Crippen molar-refractivity contribution in [1.82, 2.24) is 14.5 Å². The summed E-state index contributed by atoms with van der Waals surface area (Å²) in [6.07, 6.45) is -0.459. The fourth-order valence-corrected chi connectivity index (χ4v) is 3.81. The van der Waals surface area contributed by atoms with E-state index in [-0.39, 0.29) is 0 Å². The van der Waals surface area contributed by atoms with Gasteiger partial charge in [0.25, 0.3) is 0 Å². The van der Waals surface area contributed by atoms with E-state index in [1.165, 1.54) is 28.9 Å². The lowest BCUT2D eigenvalue weighted by molar-refractivity contribution is -0.137. The third kappa shape index (κ3) is 3.09. The van der Waals surface area contributed by atoms with Crippen LogP contribution < -0.4 is 0 Å². The van der Waals surface area contributed by atoms with Crippen molar-refractivity contribution >= 4 is 10.9 Å². The third-order valence-corrected chi connectivity index (χ3v) is 5.10. The minimum absolute atomic E-state index is 0.526. The van der Waals surface area contributed by atoms with Crippen molar-refractivity contribution in [1.29, 1.82) is 0 Å². The summed E-state index contributed by atoms with van der Waals surface area (Å²) in [5.41, 5.74) is 3.74. The second kappa shape index (κ2) is 6.43. The highest BCUT2D eigenvalue weighted by atomic mass is 19.4. The number of alkyl halides is 3. The fourth-order valence-electron chi connectivity index (χ4n) is 3.81. The van der Waals surface area contributed by atoms with Crippen LogP contribution in [0.1, 0.15) is 22.4 Å². The number of halogens is 3. The molecule has 0 radical (unpaired) electrons. The Morgan fingerprint density at radius 1 is 1.15 bits per heavy atom. The zero-order valence-electron chi connectivity index (χ0n) is 14.6. The molecule has 0 atom stereocenters. The molecular weight excluding hydrogens is 339 g/mol. The Labute approximate surface area is 150 Å². The summed E-state index contributed by atoms with van der Waals surface area (Å²) in [7, 11) is 2.11. The lowest BCUT2D eigenvalue weighted by Gasteiger charge is -2.24. The van der Waals surface area contributed by atoms with E-state index in [2.05, 4.69) is 33.6 Å². The molecule has 4 rings (SSSR count). The number of para-hydroxylation sites is 1. The molecule has 136 valence electrons. The average Bonchev–Trinajstić information content (AvgIpc) is 2.93. The summed E-state index contributed by atoms with van der Waals surface area (Å²) < 4.78 is 41.0. The molecule has 1 aliphatic rings. The van der Waals surface area contributed by atoms with Crippen molar-refractivity contribution in [3.63, 3.8) is 0 Å². The van der Waals surface area contributed by atoms with Crippen LogP contribution in [0.4, 0.5) is 13.2 Å². The maximum atomic E-state index is 12.9. The van der Waals surface area contributed by atoms with E-state index in [1.807, 2.05) is 12.1 Å². The zero-order valence-corrected chi connectivity index (χ0v) is 14.6. The minimum Gasteiger partial charge on any atom is -0.344 e. The number of aryl methyl sites for hydroxylation is 2. The molecule has 0 fully saturated rings. The number of aromatic nitrogens is 2. The van der Waals surface area contributed by atoms with E-state index in [9.17, 15) is 13.2 Å². The second-order valence-electron chi connectivity index (χ2n) is 6.91. The van der Waals surface area contributed by atoms with Crippen molar-refractivity contribution in [2.45, 2.75) is 32.1 Å². The molecule has 1 aromatic carbocycles. The van der Waals surface area contributed by atoms with E-state index in [0.717, 1.165) is 31.2 Å². The van der Waals surface area contributed by atoms with Crippen LogP contribution in [0.15, 0.2) is 42.7 Å². The summed E-state index contributed by atoms with van der Waals surface area (Å²) in [4.78, 5) is 6.08. The Balaban J connectivity index is 1.66. The zero-order chi connectivity index (χ0) is 18.3. The molecule has 0 amide bonds. The minimum atomic E-state index is -4.35. The van der Waals surface area contributed by atoms with E-state index >= 15 is 0 Å². The first kappa shape index (κ1) is 17.1. The fraction of sp³-hybridized carbons (Fsp3) is 0.350. The Morgan fingerprint density at radius 2 is 1.96 bits per heavy atom. The number of hydrogen-bond acceptors (Lipinski definition) is 2. The first-order valence-corrected chi connectivity index (χ1v) is 8.72. The number of fused-ring (bicyclic) bond motifs is 3. The Hall–Kier alpha value is -2.34. The van der Waals surface area contributed by atoms with Gasteiger partial charge in [-0.2, -0.15) is 13.2 Å². The molecule has 2 aromatic heterocycles. The lowest BCUT2D eigenvalue weighted by Crippen LogP contribution is -2.27. The number of likely N-dealkylation sites (N-methyl/N-ethyl adjacent to an activating group) is 1. The van der Waals surface area contributed by atoms with E-state index in [0.29, 0.717) is 18.5 Å². The Bertz CT molecular complexity index is 943. The first-order valence-electron chi connectivity index (χ1n) is 8.72. The van der Waals surface area contributed by atoms with Crippen LogP contribution >= 0.6 is 0 Å². The Kier molecular flexibility index (Phi) is 4.23. The number of hydrogen-bond donors (Lipinski definition) is 0. The number of pyridine rings is 1. The number of nitrogens with zero attached hydrogens (tertiary/aromatic N) is 3. The monoisotopic (exact) mass is 359 g/mol. The molecule has 3 heterocycles. The van der Waals surface area contributed by atoms with Crippen molar-refractivity contribution in [3.8, 4) is 0 Å². The van der Waals surface area contributed by atoms with Gasteiger partial charge in [0.05, 0.1) is 5.56 Å². The van der Waals surface area contributed by atoms with Crippen LogP contribution in [0.5, 0.6) is 0 Å². The predicted octanol–water partition coefficient (Wildman–Crippen LogP) is 4.29. The SMILES string of the molecule is CN1CCc2c(c3ccccc3n2CCc2cncc(C(F)(F)F)c2)C1. The highest BCUT2D eigenvalue weighted by molar-refractivity contribution is 5.85. The Morgan fingerprint density at radius 3 is 2.77 bits per heavy atom. The molecular formula is C20H20F3N3. The summed E-state index contributed by atoms with van der Waals surface area (Å²) >= 11 is 0. The summed E-state index contributed by atoms with van der Waals surface area (Å²) in [5.74, 6) is 0. The average molecular weight is 359 g/mol. The van der Waals surface area contributed by atoms with Crippen LogP contribution in [0.2, 0.25) is 0 Å². The van der Waals surface area contributed by atoms with Gasteiger partial charge in [-0.1, -0.05) is 18.2 Å². The summed E-state index contributed by atoms with van der Waals surface area (Å²) in [6.45, 7) is 2.56. The topological polar surface area (TPSA) is 21.1 Å². The van der Waals surface area contributed by atoms with Gasteiger partial charge in [0.1, 0.15) is 0 Å². The van der Waals surface area contributed by atoms with E-state index < -0.39 is 11.7 Å². The van der Waals surface area contributed by atoms with Crippen molar-refractivity contribution < 1.29 is 13.2 Å². The maximum absolute atomic E-state index is 12.9. The molecule has 0 spiro atoms. The normalized spacial score (nSPS) is 15.4. The number of benzene rings is 1. The molecule has 3 nitrogen and oxygen atoms in total. The highest BCUT2D eigenvalue weighted by Crippen LogP contribution is 2.31. The lowest BCUT2D eigenvalue weighted by atomic mass is 10.1. The van der Waals surface area contributed by atoms with Gasteiger partial charge in [-0.05, 0) is 36.7 Å². The van der Waals surface area contributed by atoms with Gasteiger partial charge >= 0.3 is 6.18 Å². The first-order chi connectivity index (χ1) is 12.4. The van der Waals surface area contributed by atoms with E-state index in [1.54, 1.807) is 0 Å². The van der Waals surface area contributed by atoms with Crippen molar-refractivity contribution in [2.24, 2.45) is 0 Å². The molecule has 3 aromatic rings. The van der Waals surface area contributed by atoms with Gasteiger partial charge in [-0.25, -0.2) is 0 Å². The van der Waals surface area contributed by atoms with Gasteiger partial charge in [0, 0.05) is 55.0 Å². The third-order valence-electron chi connectivity index (χ3n) is 5.10. The van der Waals surface area contributed by atoms with Gasteiger partial charge in [-0.15, -0.1) is 0 Å². The summed E-state index contributed by atoms with van der Waals surface area (Å²) in [5, 5.41) is 1.25. The molecule has 6 heteroatoms. The van der Waals surface area contributed by atoms with Crippen LogP contribution in [-0.2, 0) is 32.1 Å². The van der Waals surface area contributed by atoms with Crippen LogP contribution in [0.25, 0.3) is 10.9 Å². The molecule has 0 saturated heterocycles. The molecule has 0 saturated carbocycles. The number of rotatable bonds is 3. The van der Waals surface area contributed by atoms with Crippen LogP contribution in [0, 0.1) is 0 Å². The summed E-state index contributed by atoms with van der Waals surface area (Å²) in [6, 6.07) is 9.49. The smallest absolute Gasteiger partial charge is 0.344 e. The van der Waals surface area contributed by atoms with Crippen LogP contribution in [-0.4, -0.2) is 28.0 Å². The van der Waals surface area contributed by atoms with Gasteiger partial charge < -0.3 is 9.47 Å². The quantitative estimate of drug-likeness (QED) is 0.696. The van der Waals surface area contributed by atoms with Gasteiger partial charge in [0.15, 0.2) is 0 Å². The molecule has 0 bridgehead atoms.